The molecule has 11 heteroatoms. The number of nitrogens with one attached hydrogen (secondary N) is 1. The van der Waals surface area contributed by atoms with Crippen LogP contribution in [0.5, 0.6) is 0 Å². The first-order chi connectivity index (χ1) is 13.8. The fourth-order valence-electron chi connectivity index (χ4n) is 3.09. The maximum Gasteiger partial charge on any atom is 0.522 e. The van der Waals surface area contributed by atoms with E-state index in [1.165, 1.54) is 0 Å². The molecule has 8 nitrogen and oxygen atoms in total. The molecule has 0 aromatic carbocycles. The third kappa shape index (κ3) is 5.03. The van der Waals surface area contributed by atoms with Crippen LogP contribution in [0.25, 0.3) is 0 Å². The number of aromatic nitrogens is 3. The van der Waals surface area contributed by atoms with E-state index in [4.69, 9.17) is 8.94 Å². The predicted molar refractivity (Wildman–Crippen MR) is 90.6 cm³/mol. The Balaban J connectivity index is 1.20. The zero-order valence-corrected chi connectivity index (χ0v) is 15.4. The summed E-state index contributed by atoms with van der Waals surface area (Å²) >= 11 is 0. The Hall–Kier alpha value is -2.69. The molecule has 0 radical (unpaired) electrons. The van der Waals surface area contributed by atoms with Crippen LogP contribution in [0.3, 0.4) is 0 Å². The highest BCUT2D eigenvalue weighted by Gasteiger charge is 2.42. The SMILES string of the molecule is C=C(CCc1nnc([C@H]2C[C@@H](OC(F)(F)F)C2)o1)NC(=O)c1cc(C2CC2)on1. The quantitative estimate of drug-likeness (QED) is 0.707. The summed E-state index contributed by atoms with van der Waals surface area (Å²) in [4.78, 5) is 12.2. The average molecular weight is 412 g/mol. The van der Waals surface area contributed by atoms with E-state index < -0.39 is 18.4 Å². The first-order valence-corrected chi connectivity index (χ1v) is 9.29. The Kier molecular flexibility index (Phi) is 5.15. The number of rotatable bonds is 8. The zero-order chi connectivity index (χ0) is 20.6. The first-order valence-electron chi connectivity index (χ1n) is 9.29. The molecule has 2 aromatic heterocycles. The van der Waals surface area contributed by atoms with E-state index in [0.717, 1.165) is 18.6 Å². The van der Waals surface area contributed by atoms with Gasteiger partial charge in [-0.15, -0.1) is 23.4 Å². The number of ether oxygens (including phenoxy) is 1. The standard InChI is InChI=1S/C18H19F3N4O4/c1-9(22-16(26)13-8-14(29-25-13)10-3-4-10)2-5-15-23-24-17(27-15)11-6-12(7-11)28-18(19,20)21/h8,10-12H,1-7H2,(H,22,26)/t11-,12+. The molecule has 0 spiro atoms. The van der Waals surface area contributed by atoms with Crippen molar-refractivity contribution in [3.63, 3.8) is 0 Å². The molecule has 0 aliphatic heterocycles. The normalized spacial score (nSPS) is 21.6. The van der Waals surface area contributed by atoms with Crippen molar-refractivity contribution in [1.29, 1.82) is 0 Å². The predicted octanol–water partition coefficient (Wildman–Crippen LogP) is 3.59. The third-order valence-electron chi connectivity index (χ3n) is 4.90. The van der Waals surface area contributed by atoms with Crippen LogP contribution in [-0.4, -0.2) is 33.7 Å². The van der Waals surface area contributed by atoms with Gasteiger partial charge in [0.05, 0.1) is 6.10 Å². The van der Waals surface area contributed by atoms with Gasteiger partial charge in [0, 0.05) is 30.0 Å². The van der Waals surface area contributed by atoms with Crippen molar-refractivity contribution >= 4 is 5.91 Å². The van der Waals surface area contributed by atoms with Gasteiger partial charge in [-0.05, 0) is 32.1 Å². The summed E-state index contributed by atoms with van der Waals surface area (Å²) in [5, 5.41) is 14.2. The van der Waals surface area contributed by atoms with E-state index >= 15 is 0 Å². The van der Waals surface area contributed by atoms with Crippen LogP contribution in [0, 0.1) is 0 Å². The number of aryl methyl sites for hydroxylation is 1. The second-order valence-electron chi connectivity index (χ2n) is 7.33. The summed E-state index contributed by atoms with van der Waals surface area (Å²) in [5.74, 6) is 1.07. The van der Waals surface area contributed by atoms with Crippen LogP contribution < -0.4 is 5.32 Å². The van der Waals surface area contributed by atoms with Crippen LogP contribution in [0.4, 0.5) is 13.2 Å². The molecule has 0 unspecified atom stereocenters. The van der Waals surface area contributed by atoms with E-state index in [1.54, 1.807) is 6.07 Å². The van der Waals surface area contributed by atoms with Gasteiger partial charge in [-0.1, -0.05) is 11.7 Å². The van der Waals surface area contributed by atoms with Crippen molar-refractivity contribution in [2.24, 2.45) is 0 Å². The summed E-state index contributed by atoms with van der Waals surface area (Å²) in [6.07, 6.45) is -2.33. The molecule has 2 heterocycles. The van der Waals surface area contributed by atoms with Gasteiger partial charge < -0.3 is 14.3 Å². The summed E-state index contributed by atoms with van der Waals surface area (Å²) in [5.41, 5.74) is 0.654. The fourth-order valence-corrected chi connectivity index (χ4v) is 3.09. The molecular weight excluding hydrogens is 393 g/mol. The highest BCUT2D eigenvalue weighted by atomic mass is 19.4. The monoisotopic (exact) mass is 412 g/mol. The molecule has 29 heavy (non-hydrogen) atoms. The molecule has 2 aliphatic carbocycles. The van der Waals surface area contributed by atoms with E-state index in [-0.39, 0.29) is 24.5 Å². The maximum absolute atomic E-state index is 12.2. The van der Waals surface area contributed by atoms with Crippen LogP contribution in [0.15, 0.2) is 27.3 Å². The Bertz CT molecular complexity index is 897. The van der Waals surface area contributed by atoms with Crippen LogP contribution >= 0.6 is 0 Å². The zero-order valence-electron chi connectivity index (χ0n) is 15.4. The number of halogens is 3. The summed E-state index contributed by atoms with van der Waals surface area (Å²) < 4.78 is 51.1. The fraction of sp³-hybridized carbons (Fsp3) is 0.556. The molecule has 4 rings (SSSR count). The highest BCUT2D eigenvalue weighted by Crippen LogP contribution is 2.41. The van der Waals surface area contributed by atoms with Crippen molar-refractivity contribution in [2.75, 3.05) is 0 Å². The average Bonchev–Trinajstić information content (AvgIpc) is 3.16. The molecule has 2 aliphatic rings. The van der Waals surface area contributed by atoms with E-state index in [9.17, 15) is 18.0 Å². The Morgan fingerprint density at radius 3 is 2.72 bits per heavy atom. The van der Waals surface area contributed by atoms with Crippen molar-refractivity contribution in [1.82, 2.24) is 20.7 Å². The van der Waals surface area contributed by atoms with Gasteiger partial charge in [0.25, 0.3) is 5.91 Å². The molecule has 2 aromatic rings. The molecule has 1 amide bonds. The smallest absolute Gasteiger partial charge is 0.425 e. The number of hydrogen-bond acceptors (Lipinski definition) is 7. The van der Waals surface area contributed by atoms with Gasteiger partial charge in [-0.2, -0.15) is 0 Å². The van der Waals surface area contributed by atoms with Crippen LogP contribution in [0.1, 0.15) is 72.0 Å². The largest absolute Gasteiger partial charge is 0.522 e. The molecule has 0 saturated heterocycles. The van der Waals surface area contributed by atoms with Gasteiger partial charge in [0.2, 0.25) is 11.8 Å². The molecule has 2 fully saturated rings. The molecule has 0 bridgehead atoms. The van der Waals surface area contributed by atoms with Gasteiger partial charge in [-0.3, -0.25) is 9.53 Å². The van der Waals surface area contributed by atoms with Crippen LogP contribution in [-0.2, 0) is 11.2 Å². The van der Waals surface area contributed by atoms with Gasteiger partial charge in [0.15, 0.2) is 5.69 Å². The molecule has 156 valence electrons. The minimum atomic E-state index is -4.63. The minimum Gasteiger partial charge on any atom is -0.425 e. The second-order valence-corrected chi connectivity index (χ2v) is 7.33. The lowest BCUT2D eigenvalue weighted by Gasteiger charge is -2.32. The summed E-state index contributed by atoms with van der Waals surface area (Å²) in [7, 11) is 0. The van der Waals surface area contributed by atoms with Gasteiger partial charge in [0.1, 0.15) is 5.76 Å². The number of carbonyl (C=O) groups is 1. The maximum atomic E-state index is 12.2. The Labute approximate surface area is 163 Å². The lowest BCUT2D eigenvalue weighted by Crippen LogP contribution is -2.34. The second kappa shape index (κ2) is 7.62. The van der Waals surface area contributed by atoms with Crippen LogP contribution in [0.2, 0.25) is 0 Å². The number of alkyl halides is 3. The third-order valence-corrected chi connectivity index (χ3v) is 4.90. The van der Waals surface area contributed by atoms with E-state index in [2.05, 4.69) is 32.0 Å². The lowest BCUT2D eigenvalue weighted by molar-refractivity contribution is -0.352. The van der Waals surface area contributed by atoms with Gasteiger partial charge >= 0.3 is 6.36 Å². The van der Waals surface area contributed by atoms with Crippen molar-refractivity contribution in [3.8, 4) is 0 Å². The first kappa shape index (κ1) is 19.6. The Morgan fingerprint density at radius 2 is 2.03 bits per heavy atom. The summed E-state index contributed by atoms with van der Waals surface area (Å²) in [6, 6.07) is 1.64. The van der Waals surface area contributed by atoms with Crippen molar-refractivity contribution in [3.05, 3.63) is 41.6 Å². The lowest BCUT2D eigenvalue weighted by atomic mass is 9.82. The summed E-state index contributed by atoms with van der Waals surface area (Å²) in [6.45, 7) is 3.80. The topological polar surface area (TPSA) is 103 Å². The number of hydrogen-bond donors (Lipinski definition) is 1. The highest BCUT2D eigenvalue weighted by molar-refractivity contribution is 5.93. The molecular formula is C18H19F3N4O4. The number of carbonyl (C=O) groups excluding carboxylic acids is 1. The van der Waals surface area contributed by atoms with E-state index in [1.807, 2.05) is 0 Å². The molecule has 1 N–H and O–H groups in total. The molecule has 2 saturated carbocycles. The van der Waals surface area contributed by atoms with Gasteiger partial charge in [-0.25, -0.2) is 0 Å². The minimum absolute atomic E-state index is 0.185. The van der Waals surface area contributed by atoms with Crippen molar-refractivity contribution in [2.45, 2.75) is 62.8 Å². The Morgan fingerprint density at radius 1 is 1.28 bits per heavy atom. The number of amides is 1. The number of allylic oxidation sites excluding steroid dienone is 1. The van der Waals surface area contributed by atoms with E-state index in [0.29, 0.717) is 36.2 Å². The number of nitrogens with zero attached hydrogens (tertiary/aromatic N) is 3. The van der Waals surface area contributed by atoms with Crippen molar-refractivity contribution < 1.29 is 31.6 Å². The molecule has 0 atom stereocenters.